The van der Waals surface area contributed by atoms with E-state index < -0.39 is 0 Å². The summed E-state index contributed by atoms with van der Waals surface area (Å²) in [5, 5.41) is 3.17. The number of nitrogens with two attached hydrogens (primary N) is 1. The molecule has 0 saturated carbocycles. The van der Waals surface area contributed by atoms with Gasteiger partial charge >= 0.3 is 0 Å². The van der Waals surface area contributed by atoms with Crippen molar-refractivity contribution in [1.82, 2.24) is 10.2 Å². The third-order valence-corrected chi connectivity index (χ3v) is 5.85. The highest BCUT2D eigenvalue weighted by molar-refractivity contribution is 5.78. The van der Waals surface area contributed by atoms with Gasteiger partial charge in [0.1, 0.15) is 0 Å². The molecule has 0 aliphatic carbocycles. The molecule has 0 aromatic heterocycles. The van der Waals surface area contributed by atoms with Gasteiger partial charge in [0.25, 0.3) is 0 Å². The third-order valence-electron chi connectivity index (χ3n) is 5.85. The molecule has 0 bridgehead atoms. The van der Waals surface area contributed by atoms with E-state index in [1.54, 1.807) is 0 Å². The highest BCUT2D eigenvalue weighted by Crippen LogP contribution is 2.32. The fraction of sp³-hybridized carbons (Fsp3) is 0.480. The average molecular weight is 394 g/mol. The molecule has 156 valence electrons. The summed E-state index contributed by atoms with van der Waals surface area (Å²) in [6.07, 6.45) is 6.44. The molecule has 2 aromatic rings. The first-order valence-corrected chi connectivity index (χ1v) is 11.1. The molecule has 0 spiro atoms. The van der Waals surface area contributed by atoms with Crippen LogP contribution in [0, 0.1) is 5.92 Å². The van der Waals surface area contributed by atoms with E-state index in [-0.39, 0.29) is 17.9 Å². The summed E-state index contributed by atoms with van der Waals surface area (Å²) in [6, 6.07) is 21.5. The van der Waals surface area contributed by atoms with E-state index >= 15 is 0 Å². The Hall–Kier alpha value is -2.17. The third kappa shape index (κ3) is 6.41. The van der Waals surface area contributed by atoms with Gasteiger partial charge in [-0.25, -0.2) is 0 Å². The molecule has 4 nitrogen and oxygen atoms in total. The Bertz CT molecular complexity index is 680. The monoisotopic (exact) mass is 393 g/mol. The summed E-state index contributed by atoms with van der Waals surface area (Å²) in [5.41, 5.74) is 8.12. The Balaban J connectivity index is 1.62. The van der Waals surface area contributed by atoms with Crippen LogP contribution in [0.25, 0.3) is 0 Å². The number of benzene rings is 2. The summed E-state index contributed by atoms with van der Waals surface area (Å²) in [6.45, 7) is 3.37. The first-order valence-electron chi connectivity index (χ1n) is 11.1. The van der Waals surface area contributed by atoms with Gasteiger partial charge in [0, 0.05) is 13.1 Å². The van der Waals surface area contributed by atoms with Gasteiger partial charge in [-0.3, -0.25) is 9.69 Å². The zero-order valence-electron chi connectivity index (χ0n) is 17.4. The zero-order chi connectivity index (χ0) is 20.3. The van der Waals surface area contributed by atoms with Crippen molar-refractivity contribution in [2.24, 2.45) is 11.7 Å². The molecular formula is C25H35N3O. The van der Waals surface area contributed by atoms with Crippen molar-refractivity contribution in [3.8, 4) is 0 Å². The van der Waals surface area contributed by atoms with Gasteiger partial charge in [0.15, 0.2) is 0 Å². The number of rotatable bonds is 10. The maximum atomic E-state index is 12.8. The van der Waals surface area contributed by atoms with E-state index in [1.807, 2.05) is 0 Å². The molecule has 1 amide bonds. The van der Waals surface area contributed by atoms with Crippen LogP contribution >= 0.6 is 0 Å². The van der Waals surface area contributed by atoms with Crippen LogP contribution in [0.4, 0.5) is 0 Å². The lowest BCUT2D eigenvalue weighted by Crippen LogP contribution is -2.44. The van der Waals surface area contributed by atoms with Crippen molar-refractivity contribution in [2.75, 3.05) is 26.2 Å². The Kier molecular flexibility index (Phi) is 8.72. The summed E-state index contributed by atoms with van der Waals surface area (Å²) < 4.78 is 0. The molecule has 3 rings (SSSR count). The molecule has 1 heterocycles. The first-order chi connectivity index (χ1) is 14.3. The van der Waals surface area contributed by atoms with Crippen molar-refractivity contribution in [1.29, 1.82) is 0 Å². The summed E-state index contributed by atoms with van der Waals surface area (Å²) in [4.78, 5) is 15.3. The SMILES string of the molecule is NCCCCCCNC(=O)C1CCCN(C(c2ccccc2)c2ccccc2)C1. The standard InChI is InChI=1S/C25H35N3O/c26-17-9-1-2-10-18-27-25(29)23-16-11-19-28(20-23)24(21-12-5-3-6-13-21)22-14-7-4-8-15-22/h3-8,12-15,23-24H,1-2,9-11,16-20,26H2,(H,27,29). The predicted molar refractivity (Wildman–Crippen MR) is 120 cm³/mol. The van der Waals surface area contributed by atoms with Crippen LogP contribution in [-0.4, -0.2) is 37.0 Å². The minimum Gasteiger partial charge on any atom is -0.356 e. The van der Waals surface area contributed by atoms with Crippen molar-refractivity contribution in [3.05, 3.63) is 71.8 Å². The van der Waals surface area contributed by atoms with E-state index in [0.717, 1.165) is 64.7 Å². The molecule has 3 N–H and O–H groups in total. The Labute approximate surface area is 175 Å². The minimum atomic E-state index is 0.0720. The van der Waals surface area contributed by atoms with Crippen LogP contribution in [0.1, 0.15) is 55.7 Å². The topological polar surface area (TPSA) is 58.4 Å². The quantitative estimate of drug-likeness (QED) is 0.597. The lowest BCUT2D eigenvalue weighted by atomic mass is 9.91. The molecule has 0 radical (unpaired) electrons. The molecule has 1 fully saturated rings. The highest BCUT2D eigenvalue weighted by atomic mass is 16.1. The predicted octanol–water partition coefficient (Wildman–Crippen LogP) is 4.12. The van der Waals surface area contributed by atoms with Gasteiger partial charge in [-0.05, 0) is 49.9 Å². The lowest BCUT2D eigenvalue weighted by molar-refractivity contribution is -0.126. The van der Waals surface area contributed by atoms with Crippen molar-refractivity contribution in [2.45, 2.75) is 44.6 Å². The Morgan fingerprint density at radius 3 is 2.21 bits per heavy atom. The maximum absolute atomic E-state index is 12.8. The normalized spacial score (nSPS) is 17.4. The highest BCUT2D eigenvalue weighted by Gasteiger charge is 2.31. The summed E-state index contributed by atoms with van der Waals surface area (Å²) in [5.74, 6) is 0.288. The number of amides is 1. The fourth-order valence-electron chi connectivity index (χ4n) is 4.32. The largest absolute Gasteiger partial charge is 0.356 e. The van der Waals surface area contributed by atoms with Gasteiger partial charge in [0.05, 0.1) is 12.0 Å². The number of nitrogens with zero attached hydrogens (tertiary/aromatic N) is 1. The number of carbonyl (C=O) groups excluding carboxylic acids is 1. The molecule has 4 heteroatoms. The van der Waals surface area contributed by atoms with Gasteiger partial charge in [-0.1, -0.05) is 73.5 Å². The fourth-order valence-corrected chi connectivity index (χ4v) is 4.32. The number of nitrogens with one attached hydrogen (secondary N) is 1. The molecule has 1 aliphatic rings. The Morgan fingerprint density at radius 1 is 0.966 bits per heavy atom. The maximum Gasteiger partial charge on any atom is 0.224 e. The molecule has 1 unspecified atom stereocenters. The minimum absolute atomic E-state index is 0.0720. The first kappa shape index (κ1) is 21.5. The van der Waals surface area contributed by atoms with Crippen LogP contribution < -0.4 is 11.1 Å². The van der Waals surface area contributed by atoms with Crippen molar-refractivity contribution in [3.63, 3.8) is 0 Å². The second-order valence-corrected chi connectivity index (χ2v) is 8.05. The van der Waals surface area contributed by atoms with Crippen LogP contribution in [0.15, 0.2) is 60.7 Å². The number of likely N-dealkylation sites (tertiary alicyclic amines) is 1. The van der Waals surface area contributed by atoms with Gasteiger partial charge in [-0.2, -0.15) is 0 Å². The van der Waals surface area contributed by atoms with E-state index in [1.165, 1.54) is 11.1 Å². The van der Waals surface area contributed by atoms with Crippen LogP contribution in [-0.2, 0) is 4.79 Å². The lowest BCUT2D eigenvalue weighted by Gasteiger charge is -2.38. The molecule has 29 heavy (non-hydrogen) atoms. The molecule has 1 saturated heterocycles. The van der Waals surface area contributed by atoms with Crippen molar-refractivity contribution < 1.29 is 4.79 Å². The Morgan fingerprint density at radius 2 is 1.59 bits per heavy atom. The van der Waals surface area contributed by atoms with Gasteiger partial charge in [-0.15, -0.1) is 0 Å². The van der Waals surface area contributed by atoms with Gasteiger partial charge in [0.2, 0.25) is 5.91 Å². The van der Waals surface area contributed by atoms with Crippen LogP contribution in [0.5, 0.6) is 0 Å². The van der Waals surface area contributed by atoms with E-state index in [2.05, 4.69) is 70.9 Å². The second-order valence-electron chi connectivity index (χ2n) is 8.05. The number of hydrogen-bond donors (Lipinski definition) is 2. The van der Waals surface area contributed by atoms with E-state index in [0.29, 0.717) is 0 Å². The number of hydrogen-bond acceptors (Lipinski definition) is 3. The number of unbranched alkanes of at least 4 members (excludes halogenated alkanes) is 3. The van der Waals surface area contributed by atoms with Gasteiger partial charge < -0.3 is 11.1 Å². The number of carbonyl (C=O) groups is 1. The number of piperidine rings is 1. The molecule has 1 aliphatic heterocycles. The second kappa shape index (κ2) is 11.7. The average Bonchev–Trinajstić information content (AvgIpc) is 2.78. The smallest absolute Gasteiger partial charge is 0.224 e. The van der Waals surface area contributed by atoms with E-state index in [4.69, 9.17) is 5.73 Å². The summed E-state index contributed by atoms with van der Waals surface area (Å²) >= 11 is 0. The van der Waals surface area contributed by atoms with Crippen LogP contribution in [0.2, 0.25) is 0 Å². The zero-order valence-corrected chi connectivity index (χ0v) is 17.4. The van der Waals surface area contributed by atoms with E-state index in [9.17, 15) is 4.79 Å². The molecule has 1 atom stereocenters. The summed E-state index contributed by atoms with van der Waals surface area (Å²) in [7, 11) is 0. The van der Waals surface area contributed by atoms with Crippen LogP contribution in [0.3, 0.4) is 0 Å². The molecule has 2 aromatic carbocycles. The molecular weight excluding hydrogens is 358 g/mol. The van der Waals surface area contributed by atoms with Crippen molar-refractivity contribution >= 4 is 5.91 Å².